The van der Waals surface area contributed by atoms with Gasteiger partial charge in [0, 0.05) is 6.04 Å². The number of pyridine rings is 2. The van der Waals surface area contributed by atoms with Gasteiger partial charge in [-0.05, 0) is 37.1 Å². The van der Waals surface area contributed by atoms with Crippen LogP contribution in [0.3, 0.4) is 0 Å². The standard InChI is InChI=1S/C18H17ClN6O/c19-15-7-3-6-12(22-15)14-10-20-13-8-9-16(24-17(13)23-14)25-18(26)21-11-4-1-2-5-11/h3,6-11H,1-2,4-5H2,(H2,21,23,24,25,26). The minimum absolute atomic E-state index is 0.246. The Hall–Kier alpha value is -2.80. The lowest BCUT2D eigenvalue weighted by Gasteiger charge is -2.12. The molecule has 2 amide bonds. The molecule has 7 nitrogen and oxygen atoms in total. The number of urea groups is 1. The van der Waals surface area contributed by atoms with Gasteiger partial charge in [-0.15, -0.1) is 0 Å². The van der Waals surface area contributed by atoms with Crippen LogP contribution in [0, 0.1) is 0 Å². The fourth-order valence-electron chi connectivity index (χ4n) is 3.05. The predicted octanol–water partition coefficient (Wildman–Crippen LogP) is 3.80. The predicted molar refractivity (Wildman–Crippen MR) is 100.0 cm³/mol. The zero-order chi connectivity index (χ0) is 17.9. The maximum Gasteiger partial charge on any atom is 0.320 e. The van der Waals surface area contributed by atoms with Crippen LogP contribution in [0.1, 0.15) is 25.7 Å². The molecular formula is C18H17ClN6O. The van der Waals surface area contributed by atoms with Crippen LogP contribution in [0.4, 0.5) is 10.6 Å². The van der Waals surface area contributed by atoms with Crippen LogP contribution in [0.2, 0.25) is 5.15 Å². The number of carbonyl (C=O) groups excluding carboxylic acids is 1. The Labute approximate surface area is 155 Å². The summed E-state index contributed by atoms with van der Waals surface area (Å²) >= 11 is 5.94. The maximum atomic E-state index is 12.1. The molecule has 1 saturated carbocycles. The zero-order valence-electron chi connectivity index (χ0n) is 13.9. The lowest BCUT2D eigenvalue weighted by molar-refractivity contribution is 0.248. The zero-order valence-corrected chi connectivity index (χ0v) is 14.7. The van der Waals surface area contributed by atoms with Gasteiger partial charge in [0.15, 0.2) is 5.65 Å². The smallest absolute Gasteiger partial charge is 0.320 e. The van der Waals surface area contributed by atoms with Crippen molar-refractivity contribution in [3.63, 3.8) is 0 Å². The molecule has 0 saturated heterocycles. The number of hydrogen-bond acceptors (Lipinski definition) is 5. The molecule has 132 valence electrons. The van der Waals surface area contributed by atoms with E-state index in [-0.39, 0.29) is 12.1 Å². The van der Waals surface area contributed by atoms with Gasteiger partial charge in [0.1, 0.15) is 22.2 Å². The van der Waals surface area contributed by atoms with Gasteiger partial charge in [0.2, 0.25) is 0 Å². The number of aromatic nitrogens is 4. The molecule has 0 bridgehead atoms. The van der Waals surface area contributed by atoms with Crippen molar-refractivity contribution in [2.45, 2.75) is 31.7 Å². The SMILES string of the molecule is O=C(Nc1ccc2ncc(-c3cccc(Cl)n3)nc2n1)NC1CCCC1. The first-order valence-corrected chi connectivity index (χ1v) is 8.89. The summed E-state index contributed by atoms with van der Waals surface area (Å²) < 4.78 is 0. The number of carbonyl (C=O) groups is 1. The van der Waals surface area contributed by atoms with E-state index in [4.69, 9.17) is 11.6 Å². The molecule has 0 spiro atoms. The molecule has 8 heteroatoms. The molecule has 1 fully saturated rings. The van der Waals surface area contributed by atoms with Crippen molar-refractivity contribution < 1.29 is 4.79 Å². The number of nitrogens with one attached hydrogen (secondary N) is 2. The van der Waals surface area contributed by atoms with E-state index in [2.05, 4.69) is 30.6 Å². The highest BCUT2D eigenvalue weighted by atomic mass is 35.5. The number of rotatable bonds is 3. The Morgan fingerprint density at radius 1 is 1.04 bits per heavy atom. The van der Waals surface area contributed by atoms with Gasteiger partial charge < -0.3 is 5.32 Å². The summed E-state index contributed by atoms with van der Waals surface area (Å²) in [5.41, 5.74) is 2.26. The van der Waals surface area contributed by atoms with E-state index in [1.807, 2.05) is 0 Å². The molecule has 26 heavy (non-hydrogen) atoms. The number of halogens is 1. The second-order valence-electron chi connectivity index (χ2n) is 6.22. The van der Waals surface area contributed by atoms with E-state index in [0.29, 0.717) is 33.5 Å². The Morgan fingerprint density at radius 3 is 2.69 bits per heavy atom. The normalized spacial score (nSPS) is 14.5. The van der Waals surface area contributed by atoms with Crippen LogP contribution in [0.5, 0.6) is 0 Å². The minimum Gasteiger partial charge on any atom is -0.335 e. The second-order valence-corrected chi connectivity index (χ2v) is 6.61. The molecule has 0 aromatic carbocycles. The number of amides is 2. The fourth-order valence-corrected chi connectivity index (χ4v) is 3.21. The third-order valence-electron chi connectivity index (χ3n) is 4.32. The van der Waals surface area contributed by atoms with Crippen LogP contribution in [0.15, 0.2) is 36.5 Å². The Morgan fingerprint density at radius 2 is 1.88 bits per heavy atom. The van der Waals surface area contributed by atoms with Crippen molar-refractivity contribution in [2.24, 2.45) is 0 Å². The highest BCUT2D eigenvalue weighted by Crippen LogP contribution is 2.20. The average Bonchev–Trinajstić information content (AvgIpc) is 3.14. The molecule has 3 aromatic rings. The maximum absolute atomic E-state index is 12.1. The molecule has 2 N–H and O–H groups in total. The topological polar surface area (TPSA) is 92.7 Å². The van der Waals surface area contributed by atoms with Crippen LogP contribution >= 0.6 is 11.6 Å². The molecule has 0 unspecified atom stereocenters. The third-order valence-corrected chi connectivity index (χ3v) is 4.53. The molecule has 0 aliphatic heterocycles. The molecule has 4 rings (SSSR count). The number of nitrogens with zero attached hydrogens (tertiary/aromatic N) is 4. The van der Waals surface area contributed by atoms with Crippen LogP contribution in [-0.2, 0) is 0 Å². The average molecular weight is 369 g/mol. The number of hydrogen-bond donors (Lipinski definition) is 2. The van der Waals surface area contributed by atoms with Gasteiger partial charge in [-0.2, -0.15) is 0 Å². The van der Waals surface area contributed by atoms with Crippen LogP contribution in [0.25, 0.3) is 22.6 Å². The summed E-state index contributed by atoms with van der Waals surface area (Å²) in [5, 5.41) is 6.12. The first-order chi connectivity index (χ1) is 12.7. The molecule has 3 aromatic heterocycles. The van der Waals surface area contributed by atoms with Gasteiger partial charge in [-0.3, -0.25) is 10.3 Å². The second kappa shape index (κ2) is 7.21. The van der Waals surface area contributed by atoms with Gasteiger partial charge in [0.05, 0.1) is 11.9 Å². The largest absolute Gasteiger partial charge is 0.335 e. The summed E-state index contributed by atoms with van der Waals surface area (Å²) in [6.45, 7) is 0. The van der Waals surface area contributed by atoms with Crippen molar-refractivity contribution in [3.8, 4) is 11.4 Å². The van der Waals surface area contributed by atoms with Gasteiger partial charge >= 0.3 is 6.03 Å². The van der Waals surface area contributed by atoms with E-state index < -0.39 is 0 Å². The van der Waals surface area contributed by atoms with E-state index in [1.54, 1.807) is 36.5 Å². The molecular weight excluding hydrogens is 352 g/mol. The molecule has 0 atom stereocenters. The van der Waals surface area contributed by atoms with E-state index >= 15 is 0 Å². The van der Waals surface area contributed by atoms with Crippen molar-refractivity contribution >= 4 is 34.6 Å². The molecule has 0 radical (unpaired) electrons. The van der Waals surface area contributed by atoms with Crippen molar-refractivity contribution in [3.05, 3.63) is 41.7 Å². The van der Waals surface area contributed by atoms with Crippen molar-refractivity contribution in [2.75, 3.05) is 5.32 Å². The van der Waals surface area contributed by atoms with Crippen LogP contribution < -0.4 is 10.6 Å². The Kier molecular flexibility index (Phi) is 4.62. The highest BCUT2D eigenvalue weighted by Gasteiger charge is 2.17. The Bertz CT molecular complexity index is 957. The monoisotopic (exact) mass is 368 g/mol. The summed E-state index contributed by atoms with van der Waals surface area (Å²) in [6.07, 6.45) is 6.01. The fraction of sp³-hybridized carbons (Fsp3) is 0.278. The summed E-state index contributed by atoms with van der Waals surface area (Å²) in [4.78, 5) is 29.6. The Balaban J connectivity index is 1.56. The molecule has 3 heterocycles. The summed E-state index contributed by atoms with van der Waals surface area (Å²) in [5.74, 6) is 0.429. The third kappa shape index (κ3) is 3.72. The first kappa shape index (κ1) is 16.7. The van der Waals surface area contributed by atoms with E-state index in [1.165, 1.54) is 0 Å². The molecule has 1 aliphatic rings. The van der Waals surface area contributed by atoms with E-state index in [0.717, 1.165) is 25.7 Å². The minimum atomic E-state index is -0.246. The van der Waals surface area contributed by atoms with Crippen LogP contribution in [-0.4, -0.2) is 32.0 Å². The first-order valence-electron chi connectivity index (χ1n) is 8.52. The number of fused-ring (bicyclic) bond motifs is 1. The van der Waals surface area contributed by atoms with Crippen molar-refractivity contribution in [1.82, 2.24) is 25.3 Å². The summed E-state index contributed by atoms with van der Waals surface area (Å²) in [7, 11) is 0. The lowest BCUT2D eigenvalue weighted by atomic mass is 10.2. The van der Waals surface area contributed by atoms with Gasteiger partial charge in [0.25, 0.3) is 0 Å². The quantitative estimate of drug-likeness (QED) is 0.686. The van der Waals surface area contributed by atoms with Crippen molar-refractivity contribution in [1.29, 1.82) is 0 Å². The summed E-state index contributed by atoms with van der Waals surface area (Å²) in [6, 6.07) is 8.79. The van der Waals surface area contributed by atoms with Gasteiger partial charge in [-0.1, -0.05) is 30.5 Å². The number of anilines is 1. The highest BCUT2D eigenvalue weighted by molar-refractivity contribution is 6.29. The molecule has 1 aliphatic carbocycles. The lowest BCUT2D eigenvalue weighted by Crippen LogP contribution is -2.36. The van der Waals surface area contributed by atoms with E-state index in [9.17, 15) is 4.79 Å². The van der Waals surface area contributed by atoms with Gasteiger partial charge in [-0.25, -0.2) is 19.7 Å².